The number of para-hydroxylation sites is 1. The van der Waals surface area contributed by atoms with Crippen molar-refractivity contribution < 1.29 is 4.57 Å². The summed E-state index contributed by atoms with van der Waals surface area (Å²) in [5.41, 5.74) is 6.82. The average molecular weight is 290 g/mol. The molecule has 4 rings (SSSR count). The van der Waals surface area contributed by atoms with Crippen LogP contribution in [0.1, 0.15) is 38.8 Å². The smallest absolute Gasteiger partial charge is 0.182 e. The van der Waals surface area contributed by atoms with E-state index >= 15 is 0 Å². The summed E-state index contributed by atoms with van der Waals surface area (Å²) in [7, 11) is 0. The third-order valence-electron chi connectivity index (χ3n) is 4.55. The van der Waals surface area contributed by atoms with Crippen LogP contribution in [-0.4, -0.2) is 0 Å². The Labute approximate surface area is 133 Å². The van der Waals surface area contributed by atoms with E-state index in [1.54, 1.807) is 0 Å². The van der Waals surface area contributed by atoms with Crippen molar-refractivity contribution >= 4 is 10.9 Å². The first-order chi connectivity index (χ1) is 10.6. The molecule has 22 heavy (non-hydrogen) atoms. The van der Waals surface area contributed by atoms with Gasteiger partial charge in [-0.2, -0.15) is 4.57 Å². The van der Waals surface area contributed by atoms with E-state index in [2.05, 4.69) is 79.9 Å². The Morgan fingerprint density at radius 2 is 1.50 bits per heavy atom. The number of hydrogen-bond donors (Lipinski definition) is 0. The summed E-state index contributed by atoms with van der Waals surface area (Å²) < 4.78 is 2.50. The lowest BCUT2D eigenvalue weighted by atomic mass is 9.93. The maximum absolute atomic E-state index is 2.50. The summed E-state index contributed by atoms with van der Waals surface area (Å²) in [6, 6.07) is 19.8. The van der Waals surface area contributed by atoms with Crippen LogP contribution in [0.3, 0.4) is 0 Å². The van der Waals surface area contributed by atoms with Crippen molar-refractivity contribution in [1.82, 2.24) is 0 Å². The lowest BCUT2D eigenvalue weighted by Gasteiger charge is -2.16. The molecule has 1 heteroatoms. The highest BCUT2D eigenvalue weighted by molar-refractivity contribution is 5.81. The fourth-order valence-electron chi connectivity index (χ4n) is 3.67. The van der Waals surface area contributed by atoms with Crippen LogP contribution in [0.5, 0.6) is 0 Å². The monoisotopic (exact) mass is 290 g/mol. The molecule has 112 valence electrons. The Hall–Kier alpha value is -2.15. The Kier molecular flexibility index (Phi) is 3.52. The Balaban J connectivity index is 0.000000693. The molecular formula is C21H24N+. The minimum atomic E-state index is -0.00243. The number of aromatic nitrogens is 1. The molecule has 1 nitrogen and oxygen atoms in total. The van der Waals surface area contributed by atoms with Gasteiger partial charge in [0.05, 0.1) is 5.56 Å². The second-order valence-corrected chi connectivity index (χ2v) is 6.17. The van der Waals surface area contributed by atoms with Crippen molar-refractivity contribution in [3.05, 3.63) is 65.7 Å². The molecule has 0 spiro atoms. The van der Waals surface area contributed by atoms with Gasteiger partial charge in [-0.05, 0) is 25.1 Å². The molecule has 0 aliphatic carbocycles. The van der Waals surface area contributed by atoms with E-state index in [-0.39, 0.29) is 5.54 Å². The van der Waals surface area contributed by atoms with E-state index in [0.29, 0.717) is 0 Å². The number of fused-ring (bicyclic) bond motifs is 5. The van der Waals surface area contributed by atoms with Gasteiger partial charge in [0.1, 0.15) is 0 Å². The molecule has 0 N–H and O–H groups in total. The van der Waals surface area contributed by atoms with Crippen LogP contribution >= 0.6 is 0 Å². The molecule has 2 aromatic carbocycles. The van der Waals surface area contributed by atoms with Crippen LogP contribution in [0.2, 0.25) is 0 Å². The molecule has 0 saturated heterocycles. The molecule has 1 aliphatic rings. The van der Waals surface area contributed by atoms with Crippen molar-refractivity contribution in [2.24, 2.45) is 0 Å². The van der Waals surface area contributed by atoms with E-state index in [0.717, 1.165) is 0 Å². The zero-order valence-corrected chi connectivity index (χ0v) is 14.1. The fraction of sp³-hybridized carbons (Fsp3) is 0.286. The second-order valence-electron chi connectivity index (χ2n) is 6.17. The van der Waals surface area contributed by atoms with Gasteiger partial charge in [0.15, 0.2) is 5.54 Å². The first-order valence-electron chi connectivity index (χ1n) is 8.15. The highest BCUT2D eigenvalue weighted by atomic mass is 15.1. The van der Waals surface area contributed by atoms with E-state index in [9.17, 15) is 0 Å². The normalized spacial score (nSPS) is 14.0. The molecule has 0 radical (unpaired) electrons. The van der Waals surface area contributed by atoms with E-state index in [4.69, 9.17) is 0 Å². The number of aryl methyl sites for hydroxylation is 1. The minimum absolute atomic E-state index is 0.00243. The van der Waals surface area contributed by atoms with Crippen LogP contribution in [-0.2, 0) is 5.54 Å². The summed E-state index contributed by atoms with van der Waals surface area (Å²) in [5, 5.41) is 1.31. The van der Waals surface area contributed by atoms with Crippen LogP contribution in [0.25, 0.3) is 22.2 Å². The quantitative estimate of drug-likeness (QED) is 0.499. The third-order valence-corrected chi connectivity index (χ3v) is 4.55. The van der Waals surface area contributed by atoms with E-state index < -0.39 is 0 Å². The number of hydrogen-bond acceptors (Lipinski definition) is 0. The zero-order valence-electron chi connectivity index (χ0n) is 14.1. The van der Waals surface area contributed by atoms with Crippen LogP contribution < -0.4 is 4.57 Å². The Morgan fingerprint density at radius 3 is 2.27 bits per heavy atom. The van der Waals surface area contributed by atoms with E-state index in [1.165, 1.54) is 33.3 Å². The van der Waals surface area contributed by atoms with Gasteiger partial charge in [-0.1, -0.05) is 44.2 Å². The van der Waals surface area contributed by atoms with Gasteiger partial charge < -0.3 is 0 Å². The predicted molar refractivity (Wildman–Crippen MR) is 94.1 cm³/mol. The average Bonchev–Trinajstić information content (AvgIpc) is 2.79. The molecule has 1 aliphatic heterocycles. The maximum Gasteiger partial charge on any atom is 0.217 e. The van der Waals surface area contributed by atoms with Gasteiger partial charge >= 0.3 is 0 Å². The van der Waals surface area contributed by atoms with Gasteiger partial charge in [-0.25, -0.2) is 0 Å². The van der Waals surface area contributed by atoms with Crippen molar-refractivity contribution in [2.45, 2.75) is 40.2 Å². The van der Waals surface area contributed by atoms with Crippen LogP contribution in [0, 0.1) is 6.92 Å². The first-order valence-corrected chi connectivity index (χ1v) is 8.15. The number of rotatable bonds is 0. The molecule has 2 heterocycles. The molecule has 0 fully saturated rings. The van der Waals surface area contributed by atoms with Gasteiger partial charge in [0.2, 0.25) is 11.2 Å². The van der Waals surface area contributed by atoms with Gasteiger partial charge in [0.25, 0.3) is 0 Å². The molecule has 0 bridgehead atoms. The topological polar surface area (TPSA) is 3.88 Å². The van der Waals surface area contributed by atoms with Crippen molar-refractivity contribution in [1.29, 1.82) is 0 Å². The molecule has 0 amide bonds. The highest BCUT2D eigenvalue weighted by Gasteiger charge is 2.45. The lowest BCUT2D eigenvalue weighted by molar-refractivity contribution is -0.707. The summed E-state index contributed by atoms with van der Waals surface area (Å²) in [6.45, 7) is 10.8. The molecule has 3 aromatic rings. The SMILES string of the molecule is CC.Cc1cc2ccccc2[n+]2c1-c1ccccc1C2(C)C. The van der Waals surface area contributed by atoms with E-state index in [1.807, 2.05) is 13.8 Å². The number of nitrogens with zero attached hydrogens (tertiary/aromatic N) is 1. The maximum atomic E-state index is 2.50. The zero-order chi connectivity index (χ0) is 15.9. The van der Waals surface area contributed by atoms with Gasteiger partial charge in [0, 0.05) is 36.4 Å². The molecule has 0 unspecified atom stereocenters. The molecule has 0 saturated carbocycles. The minimum Gasteiger partial charge on any atom is -0.182 e. The lowest BCUT2D eigenvalue weighted by Crippen LogP contribution is -2.51. The summed E-state index contributed by atoms with van der Waals surface area (Å²) >= 11 is 0. The molecule has 1 aromatic heterocycles. The largest absolute Gasteiger partial charge is 0.217 e. The van der Waals surface area contributed by atoms with Crippen LogP contribution in [0.4, 0.5) is 0 Å². The van der Waals surface area contributed by atoms with Crippen LogP contribution in [0.15, 0.2) is 54.6 Å². The van der Waals surface area contributed by atoms with Crippen molar-refractivity contribution in [2.75, 3.05) is 0 Å². The Bertz CT molecular complexity index is 844. The predicted octanol–water partition coefficient (Wildman–Crippen LogP) is 5.23. The summed E-state index contributed by atoms with van der Waals surface area (Å²) in [5.74, 6) is 0. The van der Waals surface area contributed by atoms with Crippen molar-refractivity contribution in [3.63, 3.8) is 0 Å². The number of pyridine rings is 1. The van der Waals surface area contributed by atoms with Gasteiger partial charge in [-0.15, -0.1) is 0 Å². The summed E-state index contributed by atoms with van der Waals surface area (Å²) in [4.78, 5) is 0. The molecular weight excluding hydrogens is 266 g/mol. The van der Waals surface area contributed by atoms with Gasteiger partial charge in [-0.3, -0.25) is 0 Å². The fourth-order valence-corrected chi connectivity index (χ4v) is 3.67. The molecule has 0 atom stereocenters. The van der Waals surface area contributed by atoms with Crippen molar-refractivity contribution in [3.8, 4) is 11.3 Å². The second kappa shape index (κ2) is 5.24. The Morgan fingerprint density at radius 1 is 0.864 bits per heavy atom. The standard InChI is InChI=1S/C19H18N.C2H6/c1-13-12-14-8-4-7-11-17(14)20-18(13)15-9-5-6-10-16(15)19(20,2)3;1-2/h4-12H,1-3H3;1-2H3/q+1;. The highest BCUT2D eigenvalue weighted by Crippen LogP contribution is 2.40. The number of benzene rings is 2. The summed E-state index contributed by atoms with van der Waals surface area (Å²) in [6.07, 6.45) is 0. The first kappa shape index (κ1) is 14.8. The third kappa shape index (κ3) is 1.89.